The normalized spacial score (nSPS) is 10.7. The summed E-state index contributed by atoms with van der Waals surface area (Å²) in [5.74, 6) is 0.203. The van der Waals surface area contributed by atoms with Crippen LogP contribution in [0, 0.1) is 0 Å². The van der Waals surface area contributed by atoms with Gasteiger partial charge < -0.3 is 9.30 Å². The summed E-state index contributed by atoms with van der Waals surface area (Å²) < 4.78 is 7.17. The lowest BCUT2D eigenvalue weighted by atomic mass is 10.3. The molecule has 1 amide bonds. The van der Waals surface area contributed by atoms with Crippen LogP contribution in [0.5, 0.6) is 5.75 Å². The predicted octanol–water partition coefficient (Wildman–Crippen LogP) is 2.21. The number of hydrogen-bond acceptors (Lipinski definition) is 3. The van der Waals surface area contributed by atoms with Crippen LogP contribution in [-0.4, -0.2) is 23.3 Å². The molecule has 2 aromatic rings. The highest BCUT2D eigenvalue weighted by Gasteiger charge is 2.01. The second kappa shape index (κ2) is 6.77. The first-order chi connectivity index (χ1) is 9.65. The zero-order chi connectivity index (χ0) is 14.4. The highest BCUT2D eigenvalue weighted by Crippen LogP contribution is 2.16. The fourth-order valence-electron chi connectivity index (χ4n) is 1.52. The van der Waals surface area contributed by atoms with E-state index in [2.05, 4.69) is 10.5 Å². The van der Waals surface area contributed by atoms with E-state index in [0.29, 0.717) is 10.8 Å². The Balaban J connectivity index is 1.79. The van der Waals surface area contributed by atoms with Gasteiger partial charge in [-0.25, -0.2) is 5.43 Å². The number of hydrogen-bond donors (Lipinski definition) is 1. The summed E-state index contributed by atoms with van der Waals surface area (Å²) in [7, 11) is 1.89. The van der Waals surface area contributed by atoms with Crippen molar-refractivity contribution in [3.05, 3.63) is 53.3 Å². The second-order valence-electron chi connectivity index (χ2n) is 4.08. The largest absolute Gasteiger partial charge is 0.484 e. The van der Waals surface area contributed by atoms with Crippen molar-refractivity contribution in [2.75, 3.05) is 6.61 Å². The average molecular weight is 292 g/mol. The summed E-state index contributed by atoms with van der Waals surface area (Å²) >= 11 is 5.81. The van der Waals surface area contributed by atoms with E-state index in [4.69, 9.17) is 16.3 Å². The molecule has 0 radical (unpaired) electrons. The highest BCUT2D eigenvalue weighted by atomic mass is 35.5. The number of carbonyl (C=O) groups excluding carboxylic acids is 1. The molecule has 1 aromatic carbocycles. The smallest absolute Gasteiger partial charge is 0.277 e. The lowest BCUT2D eigenvalue weighted by Gasteiger charge is -2.04. The Morgan fingerprint density at radius 2 is 2.30 bits per heavy atom. The van der Waals surface area contributed by atoms with Crippen molar-refractivity contribution in [3.8, 4) is 5.75 Å². The lowest BCUT2D eigenvalue weighted by Crippen LogP contribution is -2.24. The van der Waals surface area contributed by atoms with Gasteiger partial charge in [0.25, 0.3) is 5.91 Å². The molecule has 0 bridgehead atoms. The van der Waals surface area contributed by atoms with Gasteiger partial charge in [-0.05, 0) is 30.3 Å². The second-order valence-corrected chi connectivity index (χ2v) is 4.52. The number of rotatable bonds is 5. The van der Waals surface area contributed by atoms with Crippen LogP contribution < -0.4 is 10.2 Å². The molecule has 104 valence electrons. The Morgan fingerprint density at radius 3 is 3.00 bits per heavy atom. The minimum absolute atomic E-state index is 0.120. The van der Waals surface area contributed by atoms with Crippen LogP contribution in [0.4, 0.5) is 0 Å². The fraction of sp³-hybridized carbons (Fsp3) is 0.143. The van der Waals surface area contributed by atoms with Crippen LogP contribution in [0.15, 0.2) is 47.7 Å². The molecule has 0 saturated heterocycles. The van der Waals surface area contributed by atoms with Crippen LogP contribution in [0.2, 0.25) is 5.02 Å². The van der Waals surface area contributed by atoms with Crippen LogP contribution in [-0.2, 0) is 11.8 Å². The Bertz CT molecular complexity index is 622. The molecule has 0 saturated carbocycles. The summed E-state index contributed by atoms with van der Waals surface area (Å²) in [4.78, 5) is 11.5. The van der Waals surface area contributed by atoms with Gasteiger partial charge in [-0.15, -0.1) is 0 Å². The third-order valence-electron chi connectivity index (χ3n) is 2.54. The molecule has 0 aliphatic rings. The van der Waals surface area contributed by atoms with E-state index in [1.54, 1.807) is 30.5 Å². The van der Waals surface area contributed by atoms with E-state index in [-0.39, 0.29) is 12.5 Å². The lowest BCUT2D eigenvalue weighted by molar-refractivity contribution is -0.123. The molecular weight excluding hydrogens is 278 g/mol. The molecule has 0 aliphatic heterocycles. The first-order valence-electron chi connectivity index (χ1n) is 5.97. The van der Waals surface area contributed by atoms with Gasteiger partial charge in [0.05, 0.1) is 11.9 Å². The molecular formula is C14H14ClN3O2. The Hall–Kier alpha value is -2.27. The number of nitrogens with zero attached hydrogens (tertiary/aromatic N) is 2. The number of aryl methyl sites for hydroxylation is 1. The summed E-state index contributed by atoms with van der Waals surface area (Å²) in [5, 5.41) is 4.41. The number of halogens is 1. The van der Waals surface area contributed by atoms with Crippen molar-refractivity contribution in [2.24, 2.45) is 12.1 Å². The monoisotopic (exact) mass is 291 g/mol. The SMILES string of the molecule is Cn1cccc1/C=N\NC(=O)COc1cccc(Cl)c1. The molecule has 1 heterocycles. The van der Waals surface area contributed by atoms with Gasteiger partial charge in [0.15, 0.2) is 6.61 Å². The van der Waals surface area contributed by atoms with Crippen molar-refractivity contribution in [2.45, 2.75) is 0 Å². The predicted molar refractivity (Wildman–Crippen MR) is 78.1 cm³/mol. The van der Waals surface area contributed by atoms with E-state index < -0.39 is 0 Å². The fourth-order valence-corrected chi connectivity index (χ4v) is 1.70. The molecule has 1 N–H and O–H groups in total. The maximum atomic E-state index is 11.5. The Kier molecular flexibility index (Phi) is 4.79. The number of ether oxygens (including phenoxy) is 1. The third-order valence-corrected chi connectivity index (χ3v) is 2.77. The van der Waals surface area contributed by atoms with Gasteiger partial charge in [-0.3, -0.25) is 4.79 Å². The molecule has 0 unspecified atom stereocenters. The zero-order valence-electron chi connectivity index (χ0n) is 10.9. The van der Waals surface area contributed by atoms with Gasteiger partial charge in [-0.2, -0.15) is 5.10 Å². The van der Waals surface area contributed by atoms with Crippen molar-refractivity contribution < 1.29 is 9.53 Å². The quantitative estimate of drug-likeness (QED) is 0.678. The Morgan fingerprint density at radius 1 is 1.45 bits per heavy atom. The van der Waals surface area contributed by atoms with E-state index in [0.717, 1.165) is 5.69 Å². The van der Waals surface area contributed by atoms with Gasteiger partial charge in [0.1, 0.15) is 5.75 Å². The van der Waals surface area contributed by atoms with Gasteiger partial charge in [0, 0.05) is 18.3 Å². The van der Waals surface area contributed by atoms with E-state index in [1.165, 1.54) is 0 Å². The standard InChI is InChI=1S/C14H14ClN3O2/c1-18-7-3-5-12(18)9-16-17-14(19)10-20-13-6-2-4-11(15)8-13/h2-9H,10H2,1H3,(H,17,19)/b16-9-. The molecule has 20 heavy (non-hydrogen) atoms. The zero-order valence-corrected chi connectivity index (χ0v) is 11.7. The first kappa shape index (κ1) is 14.1. The third kappa shape index (κ3) is 4.13. The molecule has 6 heteroatoms. The van der Waals surface area contributed by atoms with E-state index in [9.17, 15) is 4.79 Å². The minimum Gasteiger partial charge on any atom is -0.484 e. The van der Waals surface area contributed by atoms with Crippen molar-refractivity contribution in [1.29, 1.82) is 0 Å². The van der Waals surface area contributed by atoms with E-state index >= 15 is 0 Å². The van der Waals surface area contributed by atoms with Crippen molar-refractivity contribution in [3.63, 3.8) is 0 Å². The van der Waals surface area contributed by atoms with Crippen molar-refractivity contribution in [1.82, 2.24) is 9.99 Å². The Labute approximate surface area is 121 Å². The molecule has 0 spiro atoms. The molecule has 0 atom stereocenters. The number of benzene rings is 1. The van der Waals surface area contributed by atoms with E-state index in [1.807, 2.05) is 29.9 Å². The first-order valence-corrected chi connectivity index (χ1v) is 6.34. The van der Waals surface area contributed by atoms with Gasteiger partial charge in [0.2, 0.25) is 0 Å². The summed E-state index contributed by atoms with van der Waals surface area (Å²) in [6, 6.07) is 10.6. The molecule has 2 rings (SSSR count). The van der Waals surface area contributed by atoms with Crippen LogP contribution in [0.1, 0.15) is 5.69 Å². The summed E-state index contributed by atoms with van der Waals surface area (Å²) in [5.41, 5.74) is 3.28. The highest BCUT2D eigenvalue weighted by molar-refractivity contribution is 6.30. The van der Waals surface area contributed by atoms with Crippen LogP contribution in [0.25, 0.3) is 0 Å². The number of hydrazone groups is 1. The van der Waals surface area contributed by atoms with Crippen LogP contribution in [0.3, 0.4) is 0 Å². The number of amides is 1. The maximum Gasteiger partial charge on any atom is 0.277 e. The number of carbonyl (C=O) groups is 1. The average Bonchev–Trinajstić information content (AvgIpc) is 2.82. The number of nitrogens with one attached hydrogen (secondary N) is 1. The molecule has 5 nitrogen and oxygen atoms in total. The summed E-state index contributed by atoms with van der Waals surface area (Å²) in [6.45, 7) is -0.120. The number of aromatic nitrogens is 1. The summed E-state index contributed by atoms with van der Waals surface area (Å²) in [6.07, 6.45) is 3.46. The molecule has 0 fully saturated rings. The molecule has 0 aliphatic carbocycles. The topological polar surface area (TPSA) is 55.6 Å². The molecule has 1 aromatic heterocycles. The van der Waals surface area contributed by atoms with Gasteiger partial charge >= 0.3 is 0 Å². The van der Waals surface area contributed by atoms with Gasteiger partial charge in [-0.1, -0.05) is 17.7 Å². The minimum atomic E-state index is -0.338. The van der Waals surface area contributed by atoms with Crippen LogP contribution >= 0.6 is 11.6 Å². The van der Waals surface area contributed by atoms with Crippen molar-refractivity contribution >= 4 is 23.7 Å². The maximum absolute atomic E-state index is 11.5.